The molecule has 6 nitrogen and oxygen atoms in total. The minimum absolute atomic E-state index is 0.0925. The molecule has 0 aliphatic rings. The average Bonchev–Trinajstić information content (AvgIpc) is 2.93. The summed E-state index contributed by atoms with van der Waals surface area (Å²) in [5.74, 6) is -0.505. The van der Waals surface area contributed by atoms with Gasteiger partial charge >= 0.3 is 6.36 Å². The first-order valence-electron chi connectivity index (χ1n) is 6.70. The van der Waals surface area contributed by atoms with Crippen molar-refractivity contribution >= 4 is 27.2 Å². The number of aromatic nitrogens is 3. The van der Waals surface area contributed by atoms with Gasteiger partial charge in [0.25, 0.3) is 0 Å². The van der Waals surface area contributed by atoms with Crippen LogP contribution in [0.25, 0.3) is 5.65 Å². The van der Waals surface area contributed by atoms with Gasteiger partial charge < -0.3 is 4.74 Å². The Kier molecular flexibility index (Phi) is 4.37. The van der Waals surface area contributed by atoms with Gasteiger partial charge in [-0.05, 0) is 36.6 Å². The van der Waals surface area contributed by atoms with E-state index >= 15 is 0 Å². The van der Waals surface area contributed by atoms with Gasteiger partial charge in [-0.3, -0.25) is 0 Å². The van der Waals surface area contributed by atoms with E-state index < -0.39 is 21.9 Å². The zero-order valence-electron chi connectivity index (χ0n) is 12.6. The molecule has 11 heteroatoms. The summed E-state index contributed by atoms with van der Waals surface area (Å²) in [5, 5.41) is 4.40. The fourth-order valence-electron chi connectivity index (χ4n) is 2.15. The normalized spacial score (nSPS) is 12.5. The molecular formula is C14H10F3N3O3S2. The molecular weight excluding hydrogens is 379 g/mol. The van der Waals surface area contributed by atoms with Gasteiger partial charge in [0.15, 0.2) is 10.5 Å². The van der Waals surface area contributed by atoms with Crippen molar-refractivity contribution in [3.63, 3.8) is 0 Å². The molecule has 3 aromatic rings. The molecule has 1 aromatic carbocycles. The first kappa shape index (κ1) is 17.5. The van der Waals surface area contributed by atoms with Gasteiger partial charge in [0.05, 0.1) is 4.90 Å². The molecule has 0 N–H and O–H groups in total. The minimum Gasteiger partial charge on any atom is -0.406 e. The molecule has 0 aliphatic carbocycles. The van der Waals surface area contributed by atoms with E-state index in [0.717, 1.165) is 36.0 Å². The lowest BCUT2D eigenvalue weighted by atomic mass is 10.3. The Morgan fingerprint density at radius 3 is 2.48 bits per heavy atom. The summed E-state index contributed by atoms with van der Waals surface area (Å²) in [6.07, 6.45) is -0.193. The second-order valence-corrected chi connectivity index (χ2v) is 7.43. The summed E-state index contributed by atoms with van der Waals surface area (Å²) in [6.45, 7) is 0. The minimum atomic E-state index is -4.85. The molecule has 2 aromatic heterocycles. The maximum Gasteiger partial charge on any atom is 0.573 e. The van der Waals surface area contributed by atoms with Crippen molar-refractivity contribution in [3.8, 4) is 5.75 Å². The Hall–Kier alpha value is -2.27. The van der Waals surface area contributed by atoms with Crippen LogP contribution in [-0.2, 0) is 9.84 Å². The van der Waals surface area contributed by atoms with Crippen LogP contribution in [0.4, 0.5) is 13.2 Å². The number of benzene rings is 1. The van der Waals surface area contributed by atoms with E-state index in [2.05, 4.69) is 14.8 Å². The molecule has 2 heterocycles. The Morgan fingerprint density at radius 1 is 1.20 bits per heavy atom. The lowest BCUT2D eigenvalue weighted by molar-refractivity contribution is -0.274. The summed E-state index contributed by atoms with van der Waals surface area (Å²) in [4.78, 5) is 3.77. The summed E-state index contributed by atoms with van der Waals surface area (Å²) in [5.41, 5.74) is 0.141. The number of sulfone groups is 1. The standard InChI is InChI=1S/C14H10F3N3O3S2/c1-24-13-11(12-18-7-2-8-20(12)19-13)25(21,22)10-5-3-9(4-6-10)23-14(15,16)17/h2-8H,1H3. The monoisotopic (exact) mass is 389 g/mol. The number of nitrogens with zero attached hydrogens (tertiary/aromatic N) is 3. The number of hydrogen-bond acceptors (Lipinski definition) is 6. The summed E-state index contributed by atoms with van der Waals surface area (Å²) in [6, 6.07) is 5.58. The Bertz CT molecular complexity index is 1020. The first-order chi connectivity index (χ1) is 11.7. The molecule has 0 saturated heterocycles. The summed E-state index contributed by atoms with van der Waals surface area (Å²) >= 11 is 1.13. The van der Waals surface area contributed by atoms with Crippen molar-refractivity contribution in [2.45, 2.75) is 21.2 Å². The number of halogens is 3. The molecule has 0 aliphatic heterocycles. The number of hydrogen-bond donors (Lipinski definition) is 0. The summed E-state index contributed by atoms with van der Waals surface area (Å²) in [7, 11) is -4.03. The van der Waals surface area contributed by atoms with Crippen molar-refractivity contribution < 1.29 is 26.3 Å². The van der Waals surface area contributed by atoms with Gasteiger partial charge in [-0.25, -0.2) is 17.9 Å². The SMILES string of the molecule is CSc1nn2cccnc2c1S(=O)(=O)c1ccc(OC(F)(F)F)cc1. The number of rotatable bonds is 4. The van der Waals surface area contributed by atoms with E-state index in [1.54, 1.807) is 18.5 Å². The van der Waals surface area contributed by atoms with Gasteiger partial charge in [-0.2, -0.15) is 5.10 Å². The van der Waals surface area contributed by atoms with E-state index in [-0.39, 0.29) is 20.5 Å². The molecule has 0 atom stereocenters. The van der Waals surface area contributed by atoms with Gasteiger partial charge in [0.2, 0.25) is 9.84 Å². The smallest absolute Gasteiger partial charge is 0.406 e. The quantitative estimate of drug-likeness (QED) is 0.638. The van der Waals surface area contributed by atoms with Crippen LogP contribution >= 0.6 is 11.8 Å². The van der Waals surface area contributed by atoms with E-state index in [1.807, 2.05) is 0 Å². The fraction of sp³-hybridized carbons (Fsp3) is 0.143. The number of ether oxygens (including phenoxy) is 1. The summed E-state index contributed by atoms with van der Waals surface area (Å²) < 4.78 is 67.5. The molecule has 132 valence electrons. The molecule has 0 fully saturated rings. The second-order valence-electron chi connectivity index (χ2n) is 4.75. The third kappa shape index (κ3) is 3.42. The molecule has 25 heavy (non-hydrogen) atoms. The highest BCUT2D eigenvalue weighted by atomic mass is 32.2. The van der Waals surface area contributed by atoms with Gasteiger partial charge in [-0.1, -0.05) is 0 Å². The number of alkyl halides is 3. The van der Waals surface area contributed by atoms with Crippen LogP contribution in [0.2, 0.25) is 0 Å². The van der Waals surface area contributed by atoms with Crippen LogP contribution in [0.3, 0.4) is 0 Å². The van der Waals surface area contributed by atoms with Crippen molar-refractivity contribution in [3.05, 3.63) is 42.7 Å². The average molecular weight is 389 g/mol. The van der Waals surface area contributed by atoms with Crippen molar-refractivity contribution in [1.29, 1.82) is 0 Å². The molecule has 0 amide bonds. The largest absolute Gasteiger partial charge is 0.573 e. The second kappa shape index (κ2) is 6.23. The van der Waals surface area contributed by atoms with Crippen LogP contribution in [0.5, 0.6) is 5.75 Å². The van der Waals surface area contributed by atoms with Gasteiger partial charge in [0.1, 0.15) is 10.8 Å². The highest BCUT2D eigenvalue weighted by molar-refractivity contribution is 7.99. The maximum absolute atomic E-state index is 12.9. The van der Waals surface area contributed by atoms with Crippen LogP contribution in [0, 0.1) is 0 Å². The Labute approximate surface area is 144 Å². The van der Waals surface area contributed by atoms with Crippen LogP contribution in [-0.4, -0.2) is 35.6 Å². The number of thioether (sulfide) groups is 1. The maximum atomic E-state index is 12.9. The molecule has 3 rings (SSSR count). The van der Waals surface area contributed by atoms with Crippen LogP contribution < -0.4 is 4.74 Å². The van der Waals surface area contributed by atoms with Crippen molar-refractivity contribution in [1.82, 2.24) is 14.6 Å². The van der Waals surface area contributed by atoms with E-state index in [0.29, 0.717) is 0 Å². The topological polar surface area (TPSA) is 73.6 Å². The van der Waals surface area contributed by atoms with E-state index in [1.165, 1.54) is 10.7 Å². The van der Waals surface area contributed by atoms with E-state index in [9.17, 15) is 21.6 Å². The van der Waals surface area contributed by atoms with Crippen molar-refractivity contribution in [2.75, 3.05) is 6.26 Å². The predicted molar refractivity (Wildman–Crippen MR) is 83.3 cm³/mol. The third-order valence-electron chi connectivity index (χ3n) is 3.15. The number of fused-ring (bicyclic) bond motifs is 1. The highest BCUT2D eigenvalue weighted by Gasteiger charge is 2.32. The van der Waals surface area contributed by atoms with Crippen LogP contribution in [0.1, 0.15) is 0 Å². The Morgan fingerprint density at radius 2 is 1.88 bits per heavy atom. The molecule has 0 radical (unpaired) electrons. The van der Waals surface area contributed by atoms with Gasteiger partial charge in [-0.15, -0.1) is 24.9 Å². The molecule has 0 spiro atoms. The highest BCUT2D eigenvalue weighted by Crippen LogP contribution is 2.33. The van der Waals surface area contributed by atoms with Crippen LogP contribution in [0.15, 0.2) is 57.5 Å². The zero-order chi connectivity index (χ0) is 18.2. The van der Waals surface area contributed by atoms with Gasteiger partial charge in [0, 0.05) is 12.4 Å². The van der Waals surface area contributed by atoms with E-state index in [4.69, 9.17) is 0 Å². The zero-order valence-corrected chi connectivity index (χ0v) is 14.2. The molecule has 0 bridgehead atoms. The van der Waals surface area contributed by atoms with Crippen molar-refractivity contribution in [2.24, 2.45) is 0 Å². The predicted octanol–water partition coefficient (Wildman–Crippen LogP) is 3.18. The molecule has 0 unspecified atom stereocenters. The lowest BCUT2D eigenvalue weighted by Gasteiger charge is -2.09. The Balaban J connectivity index is 2.08. The fourth-order valence-corrected chi connectivity index (χ4v) is 4.57. The lowest BCUT2D eigenvalue weighted by Crippen LogP contribution is -2.17. The molecule has 0 saturated carbocycles. The third-order valence-corrected chi connectivity index (χ3v) is 5.76. The first-order valence-corrected chi connectivity index (χ1v) is 9.41.